The lowest BCUT2D eigenvalue weighted by Crippen LogP contribution is -2.67. The van der Waals surface area contributed by atoms with Gasteiger partial charge in [-0.25, -0.2) is 0 Å². The highest BCUT2D eigenvalue weighted by Crippen LogP contribution is 2.27. The molecule has 1 heterocycles. The molecule has 14 heavy (non-hydrogen) atoms. The molecule has 1 saturated heterocycles. The van der Waals surface area contributed by atoms with Gasteiger partial charge >= 0.3 is 0 Å². The third kappa shape index (κ3) is 1.29. The van der Waals surface area contributed by atoms with Crippen molar-refractivity contribution in [2.45, 2.75) is 19.0 Å². The summed E-state index contributed by atoms with van der Waals surface area (Å²) in [6, 6.07) is 6.89. The number of halogens is 1. The SMILES string of the molecule is CC1C(N)C(=O)N1c1ccc(Cl)cc1. The number of benzene rings is 1. The minimum atomic E-state index is -0.356. The zero-order valence-corrected chi connectivity index (χ0v) is 8.53. The number of hydrogen-bond acceptors (Lipinski definition) is 2. The first kappa shape index (κ1) is 9.49. The normalized spacial score (nSPS) is 26.2. The molecule has 3 nitrogen and oxygen atoms in total. The van der Waals surface area contributed by atoms with E-state index in [0.717, 1.165) is 5.69 Å². The van der Waals surface area contributed by atoms with E-state index in [4.69, 9.17) is 17.3 Å². The van der Waals surface area contributed by atoms with Crippen LogP contribution in [0.5, 0.6) is 0 Å². The van der Waals surface area contributed by atoms with Crippen LogP contribution >= 0.6 is 11.6 Å². The van der Waals surface area contributed by atoms with Gasteiger partial charge < -0.3 is 10.6 Å². The highest BCUT2D eigenvalue weighted by molar-refractivity contribution is 6.30. The summed E-state index contributed by atoms with van der Waals surface area (Å²) in [5.41, 5.74) is 6.46. The standard InChI is InChI=1S/C10H11ClN2O/c1-6-9(12)10(14)13(6)8-4-2-7(11)3-5-8/h2-6,9H,12H2,1H3. The summed E-state index contributed by atoms with van der Waals surface area (Å²) in [4.78, 5) is 13.1. The molecule has 1 aromatic rings. The fraction of sp³-hybridized carbons (Fsp3) is 0.300. The maximum atomic E-state index is 11.4. The highest BCUT2D eigenvalue weighted by atomic mass is 35.5. The number of carbonyl (C=O) groups excluding carboxylic acids is 1. The van der Waals surface area contributed by atoms with Crippen molar-refractivity contribution in [3.63, 3.8) is 0 Å². The van der Waals surface area contributed by atoms with Gasteiger partial charge in [0.05, 0.1) is 6.04 Å². The Bertz CT molecular complexity index is 363. The maximum absolute atomic E-state index is 11.4. The monoisotopic (exact) mass is 210 g/mol. The molecule has 1 aliphatic rings. The van der Waals surface area contributed by atoms with E-state index in [1.807, 2.05) is 19.1 Å². The van der Waals surface area contributed by atoms with E-state index in [2.05, 4.69) is 0 Å². The summed E-state index contributed by atoms with van der Waals surface area (Å²) < 4.78 is 0. The highest BCUT2D eigenvalue weighted by Gasteiger charge is 2.42. The Hall–Kier alpha value is -1.06. The van der Waals surface area contributed by atoms with E-state index in [-0.39, 0.29) is 18.0 Å². The Labute approximate surface area is 87.4 Å². The Kier molecular flexibility index (Phi) is 2.21. The molecule has 2 unspecified atom stereocenters. The van der Waals surface area contributed by atoms with Crippen LogP contribution in [0.3, 0.4) is 0 Å². The molecule has 0 aromatic heterocycles. The van der Waals surface area contributed by atoms with Crippen molar-refractivity contribution >= 4 is 23.2 Å². The topological polar surface area (TPSA) is 46.3 Å². The van der Waals surface area contributed by atoms with Gasteiger partial charge in [0.1, 0.15) is 6.04 Å². The molecule has 1 aliphatic heterocycles. The van der Waals surface area contributed by atoms with Crippen molar-refractivity contribution in [1.29, 1.82) is 0 Å². The molecule has 74 valence electrons. The molecule has 0 aliphatic carbocycles. The minimum absolute atomic E-state index is 0.0279. The van der Waals surface area contributed by atoms with Crippen molar-refractivity contribution in [2.24, 2.45) is 5.73 Å². The molecule has 0 saturated carbocycles. The van der Waals surface area contributed by atoms with E-state index in [0.29, 0.717) is 5.02 Å². The number of anilines is 1. The number of rotatable bonds is 1. The van der Waals surface area contributed by atoms with Crippen LogP contribution in [0.1, 0.15) is 6.92 Å². The van der Waals surface area contributed by atoms with Crippen LogP contribution < -0.4 is 10.6 Å². The first-order valence-electron chi connectivity index (χ1n) is 4.45. The minimum Gasteiger partial charge on any atom is -0.318 e. The van der Waals surface area contributed by atoms with Crippen LogP contribution in [0.2, 0.25) is 5.02 Å². The quantitative estimate of drug-likeness (QED) is 0.713. The van der Waals surface area contributed by atoms with E-state index in [1.165, 1.54) is 0 Å². The lowest BCUT2D eigenvalue weighted by atomic mass is 9.97. The number of carbonyl (C=O) groups is 1. The van der Waals surface area contributed by atoms with Crippen molar-refractivity contribution < 1.29 is 4.79 Å². The van der Waals surface area contributed by atoms with Crippen LogP contribution in [0.4, 0.5) is 5.69 Å². The molecule has 2 rings (SSSR count). The van der Waals surface area contributed by atoms with Crippen molar-refractivity contribution in [3.05, 3.63) is 29.3 Å². The van der Waals surface area contributed by atoms with Crippen LogP contribution in [0.25, 0.3) is 0 Å². The second-order valence-electron chi connectivity index (χ2n) is 3.45. The third-order valence-electron chi connectivity index (χ3n) is 2.55. The van der Waals surface area contributed by atoms with Gasteiger partial charge in [0.2, 0.25) is 5.91 Å². The number of amides is 1. The predicted octanol–water partition coefficient (Wildman–Crippen LogP) is 1.40. The number of β-lactam (4-membered cyclic amide) rings is 1. The van der Waals surface area contributed by atoms with Gasteiger partial charge in [0, 0.05) is 10.7 Å². The average molecular weight is 211 g/mol. The molecule has 1 fully saturated rings. The summed E-state index contributed by atoms with van der Waals surface area (Å²) in [6.45, 7) is 1.93. The van der Waals surface area contributed by atoms with E-state index < -0.39 is 0 Å². The second-order valence-corrected chi connectivity index (χ2v) is 3.89. The smallest absolute Gasteiger partial charge is 0.246 e. The van der Waals surface area contributed by atoms with E-state index in [9.17, 15) is 4.79 Å². The average Bonchev–Trinajstić information content (AvgIpc) is 2.21. The molecule has 1 aromatic carbocycles. The van der Waals surface area contributed by atoms with E-state index >= 15 is 0 Å². The Balaban J connectivity index is 2.25. The number of nitrogens with zero attached hydrogens (tertiary/aromatic N) is 1. The van der Waals surface area contributed by atoms with Crippen molar-refractivity contribution in [3.8, 4) is 0 Å². The third-order valence-corrected chi connectivity index (χ3v) is 2.81. The summed E-state index contributed by atoms with van der Waals surface area (Å²) in [5.74, 6) is -0.0279. The lowest BCUT2D eigenvalue weighted by Gasteiger charge is -2.43. The number of hydrogen-bond donors (Lipinski definition) is 1. The zero-order chi connectivity index (χ0) is 10.3. The summed E-state index contributed by atoms with van der Waals surface area (Å²) in [5, 5.41) is 0.665. The molecule has 0 spiro atoms. The fourth-order valence-electron chi connectivity index (χ4n) is 1.61. The fourth-order valence-corrected chi connectivity index (χ4v) is 1.74. The lowest BCUT2D eigenvalue weighted by molar-refractivity contribution is -0.125. The van der Waals surface area contributed by atoms with Gasteiger partial charge in [-0.1, -0.05) is 11.6 Å². The maximum Gasteiger partial charge on any atom is 0.246 e. The first-order valence-corrected chi connectivity index (χ1v) is 4.83. The van der Waals surface area contributed by atoms with Crippen LogP contribution in [0.15, 0.2) is 24.3 Å². The molecule has 2 N–H and O–H groups in total. The van der Waals surface area contributed by atoms with Gasteiger partial charge in [-0.3, -0.25) is 4.79 Å². The first-order chi connectivity index (χ1) is 6.61. The van der Waals surface area contributed by atoms with Gasteiger partial charge in [-0.05, 0) is 31.2 Å². The Morgan fingerprint density at radius 1 is 1.36 bits per heavy atom. The molecule has 1 amide bonds. The van der Waals surface area contributed by atoms with Crippen LogP contribution in [-0.4, -0.2) is 18.0 Å². The van der Waals surface area contributed by atoms with Gasteiger partial charge in [0.25, 0.3) is 0 Å². The van der Waals surface area contributed by atoms with Gasteiger partial charge in [-0.15, -0.1) is 0 Å². The Morgan fingerprint density at radius 2 is 1.93 bits per heavy atom. The molecule has 0 bridgehead atoms. The summed E-state index contributed by atoms with van der Waals surface area (Å²) >= 11 is 5.75. The summed E-state index contributed by atoms with van der Waals surface area (Å²) in [7, 11) is 0. The predicted molar refractivity (Wildman–Crippen MR) is 56.4 cm³/mol. The van der Waals surface area contributed by atoms with Gasteiger partial charge in [-0.2, -0.15) is 0 Å². The van der Waals surface area contributed by atoms with Crippen molar-refractivity contribution in [1.82, 2.24) is 0 Å². The molecular weight excluding hydrogens is 200 g/mol. The molecular formula is C10H11ClN2O. The summed E-state index contributed by atoms with van der Waals surface area (Å²) in [6.07, 6.45) is 0. The molecule has 4 heteroatoms. The van der Waals surface area contributed by atoms with Crippen molar-refractivity contribution in [2.75, 3.05) is 4.90 Å². The van der Waals surface area contributed by atoms with Crippen LogP contribution in [-0.2, 0) is 4.79 Å². The largest absolute Gasteiger partial charge is 0.318 e. The van der Waals surface area contributed by atoms with E-state index in [1.54, 1.807) is 17.0 Å². The number of nitrogens with two attached hydrogens (primary N) is 1. The zero-order valence-electron chi connectivity index (χ0n) is 7.77. The molecule has 2 atom stereocenters. The Morgan fingerprint density at radius 3 is 2.43 bits per heavy atom. The van der Waals surface area contributed by atoms with Crippen LogP contribution in [0, 0.1) is 0 Å². The molecule has 0 radical (unpaired) electrons. The second kappa shape index (κ2) is 3.26. The van der Waals surface area contributed by atoms with Gasteiger partial charge in [0.15, 0.2) is 0 Å².